The maximum absolute atomic E-state index is 9.65. The lowest BCUT2D eigenvalue weighted by Crippen LogP contribution is -2.44. The molecule has 2 nitrogen and oxygen atoms in total. The molecule has 1 aromatic rings. The van der Waals surface area contributed by atoms with E-state index in [2.05, 4.69) is 36.5 Å². The fourth-order valence-corrected chi connectivity index (χ4v) is 2.58. The minimum Gasteiger partial charge on any atom is -0.396 e. The number of benzene rings is 1. The second kappa shape index (κ2) is 6.39. The fourth-order valence-electron chi connectivity index (χ4n) is 2.58. The van der Waals surface area contributed by atoms with Crippen molar-refractivity contribution in [3.63, 3.8) is 0 Å². The van der Waals surface area contributed by atoms with Gasteiger partial charge in [-0.25, -0.2) is 0 Å². The van der Waals surface area contributed by atoms with Crippen LogP contribution in [-0.2, 0) is 6.42 Å². The van der Waals surface area contributed by atoms with Crippen molar-refractivity contribution in [2.75, 3.05) is 19.7 Å². The number of hydrogen-bond donors (Lipinski definition) is 2. The highest BCUT2D eigenvalue weighted by atomic mass is 35.5. The van der Waals surface area contributed by atoms with E-state index in [4.69, 9.17) is 0 Å². The summed E-state index contributed by atoms with van der Waals surface area (Å²) in [5, 5.41) is 13.1. The maximum atomic E-state index is 9.65. The number of rotatable bonds is 3. The van der Waals surface area contributed by atoms with Crippen LogP contribution in [0.3, 0.4) is 0 Å². The standard InChI is InChI=1S/C14H21NO.ClH/c1-12-5-2-3-6-13(12)9-14(11-16)7-4-8-15-10-14;/h2-3,5-6,15-16H,4,7-11H2,1H3;1H. The predicted octanol–water partition coefficient (Wildman–Crippen LogP) is 2.32. The number of hydrogen-bond acceptors (Lipinski definition) is 2. The topological polar surface area (TPSA) is 32.3 Å². The van der Waals surface area contributed by atoms with Crippen LogP contribution in [0.2, 0.25) is 0 Å². The smallest absolute Gasteiger partial charge is 0.0502 e. The van der Waals surface area contributed by atoms with Crippen molar-refractivity contribution in [3.8, 4) is 0 Å². The molecule has 0 saturated carbocycles. The number of nitrogens with one attached hydrogen (secondary N) is 1. The molecule has 0 radical (unpaired) electrons. The Balaban J connectivity index is 0.00000144. The average molecular weight is 256 g/mol. The first kappa shape index (κ1) is 14.5. The Morgan fingerprint density at radius 3 is 2.71 bits per heavy atom. The Morgan fingerprint density at radius 1 is 1.35 bits per heavy atom. The second-order valence-corrected chi connectivity index (χ2v) is 5.04. The van der Waals surface area contributed by atoms with Crippen molar-refractivity contribution in [3.05, 3.63) is 35.4 Å². The molecule has 0 aliphatic carbocycles. The molecule has 17 heavy (non-hydrogen) atoms. The highest BCUT2D eigenvalue weighted by Gasteiger charge is 2.31. The lowest BCUT2D eigenvalue weighted by atomic mass is 9.76. The first-order valence-electron chi connectivity index (χ1n) is 6.12. The monoisotopic (exact) mass is 255 g/mol. The number of aliphatic hydroxyl groups excluding tert-OH is 1. The summed E-state index contributed by atoms with van der Waals surface area (Å²) in [5.74, 6) is 0. The molecule has 1 heterocycles. The third-order valence-electron chi connectivity index (χ3n) is 3.72. The number of aryl methyl sites for hydroxylation is 1. The van der Waals surface area contributed by atoms with E-state index in [1.165, 1.54) is 17.5 Å². The van der Waals surface area contributed by atoms with Crippen molar-refractivity contribution in [1.29, 1.82) is 0 Å². The van der Waals surface area contributed by atoms with E-state index in [0.29, 0.717) is 0 Å². The van der Waals surface area contributed by atoms with Gasteiger partial charge in [0.15, 0.2) is 0 Å². The summed E-state index contributed by atoms with van der Waals surface area (Å²) in [5.41, 5.74) is 2.77. The van der Waals surface area contributed by atoms with Gasteiger partial charge in [-0.1, -0.05) is 24.3 Å². The largest absolute Gasteiger partial charge is 0.396 e. The van der Waals surface area contributed by atoms with Gasteiger partial charge in [-0.2, -0.15) is 0 Å². The summed E-state index contributed by atoms with van der Waals surface area (Å²) < 4.78 is 0. The Kier molecular flexibility index (Phi) is 5.44. The first-order valence-corrected chi connectivity index (χ1v) is 6.12. The summed E-state index contributed by atoms with van der Waals surface area (Å²) in [6, 6.07) is 8.49. The second-order valence-electron chi connectivity index (χ2n) is 5.04. The molecule has 0 amide bonds. The third-order valence-corrected chi connectivity index (χ3v) is 3.72. The molecular formula is C14H22ClNO. The highest BCUT2D eigenvalue weighted by molar-refractivity contribution is 5.85. The van der Waals surface area contributed by atoms with Gasteiger partial charge in [-0.15, -0.1) is 12.4 Å². The van der Waals surface area contributed by atoms with Crippen molar-refractivity contribution < 1.29 is 5.11 Å². The van der Waals surface area contributed by atoms with Crippen LogP contribution in [0, 0.1) is 12.3 Å². The molecule has 0 bridgehead atoms. The summed E-state index contributed by atoms with van der Waals surface area (Å²) in [6.45, 7) is 4.47. The van der Waals surface area contributed by atoms with Gasteiger partial charge in [-0.05, 0) is 43.9 Å². The molecule has 2 rings (SSSR count). The normalized spacial score (nSPS) is 24.1. The van der Waals surface area contributed by atoms with E-state index >= 15 is 0 Å². The molecule has 2 N–H and O–H groups in total. The van der Waals surface area contributed by atoms with Crippen LogP contribution in [0.25, 0.3) is 0 Å². The van der Waals surface area contributed by atoms with Gasteiger partial charge in [-0.3, -0.25) is 0 Å². The van der Waals surface area contributed by atoms with E-state index in [9.17, 15) is 5.11 Å². The quantitative estimate of drug-likeness (QED) is 0.869. The van der Waals surface area contributed by atoms with E-state index in [1.54, 1.807) is 0 Å². The van der Waals surface area contributed by atoms with Crippen molar-refractivity contribution in [1.82, 2.24) is 5.32 Å². The van der Waals surface area contributed by atoms with Crippen LogP contribution < -0.4 is 5.32 Å². The van der Waals surface area contributed by atoms with E-state index in [1.807, 2.05) is 0 Å². The SMILES string of the molecule is Cc1ccccc1CC1(CO)CCCNC1.Cl. The highest BCUT2D eigenvalue weighted by Crippen LogP contribution is 2.30. The van der Waals surface area contributed by atoms with Gasteiger partial charge in [0.25, 0.3) is 0 Å². The summed E-state index contributed by atoms with van der Waals surface area (Å²) in [7, 11) is 0. The van der Waals surface area contributed by atoms with Gasteiger partial charge in [0, 0.05) is 12.0 Å². The summed E-state index contributed by atoms with van der Waals surface area (Å²) in [4.78, 5) is 0. The molecule has 1 aliphatic heterocycles. The molecule has 1 fully saturated rings. The number of aliphatic hydroxyl groups is 1. The lowest BCUT2D eigenvalue weighted by molar-refractivity contribution is 0.0946. The Morgan fingerprint density at radius 2 is 2.12 bits per heavy atom. The molecule has 0 aromatic heterocycles. The average Bonchev–Trinajstić information content (AvgIpc) is 2.33. The summed E-state index contributed by atoms with van der Waals surface area (Å²) >= 11 is 0. The van der Waals surface area contributed by atoms with Crippen LogP contribution >= 0.6 is 12.4 Å². The van der Waals surface area contributed by atoms with Crippen LogP contribution in [0.5, 0.6) is 0 Å². The van der Waals surface area contributed by atoms with Crippen molar-refractivity contribution >= 4 is 12.4 Å². The molecule has 1 saturated heterocycles. The maximum Gasteiger partial charge on any atom is 0.0502 e. The molecule has 1 unspecified atom stereocenters. The minimum atomic E-state index is 0. The minimum absolute atomic E-state index is 0. The van der Waals surface area contributed by atoms with Crippen LogP contribution in [0.1, 0.15) is 24.0 Å². The Bertz CT molecular complexity index is 348. The fraction of sp³-hybridized carbons (Fsp3) is 0.571. The van der Waals surface area contributed by atoms with Crippen LogP contribution in [-0.4, -0.2) is 24.8 Å². The number of piperidine rings is 1. The zero-order chi connectivity index (χ0) is 11.4. The Labute approximate surface area is 110 Å². The molecule has 3 heteroatoms. The zero-order valence-corrected chi connectivity index (χ0v) is 11.2. The Hall–Kier alpha value is -0.570. The van der Waals surface area contributed by atoms with E-state index in [-0.39, 0.29) is 24.4 Å². The molecule has 1 aromatic carbocycles. The first-order chi connectivity index (χ1) is 7.76. The van der Waals surface area contributed by atoms with Gasteiger partial charge in [0.1, 0.15) is 0 Å². The zero-order valence-electron chi connectivity index (χ0n) is 10.4. The summed E-state index contributed by atoms with van der Waals surface area (Å²) in [6.07, 6.45) is 3.29. The van der Waals surface area contributed by atoms with Crippen molar-refractivity contribution in [2.24, 2.45) is 5.41 Å². The van der Waals surface area contributed by atoms with Gasteiger partial charge >= 0.3 is 0 Å². The molecule has 0 spiro atoms. The van der Waals surface area contributed by atoms with Gasteiger partial charge in [0.05, 0.1) is 6.61 Å². The van der Waals surface area contributed by atoms with E-state index in [0.717, 1.165) is 25.9 Å². The van der Waals surface area contributed by atoms with Gasteiger partial charge in [0.2, 0.25) is 0 Å². The van der Waals surface area contributed by atoms with Gasteiger partial charge < -0.3 is 10.4 Å². The van der Waals surface area contributed by atoms with Crippen LogP contribution in [0.4, 0.5) is 0 Å². The van der Waals surface area contributed by atoms with Crippen LogP contribution in [0.15, 0.2) is 24.3 Å². The molecular weight excluding hydrogens is 234 g/mol. The molecule has 96 valence electrons. The van der Waals surface area contributed by atoms with E-state index < -0.39 is 0 Å². The number of halogens is 1. The predicted molar refractivity (Wildman–Crippen MR) is 73.8 cm³/mol. The van der Waals surface area contributed by atoms with Crippen molar-refractivity contribution in [2.45, 2.75) is 26.2 Å². The third kappa shape index (κ3) is 3.44. The lowest BCUT2D eigenvalue weighted by Gasteiger charge is -2.36. The molecule has 1 atom stereocenters. The molecule has 1 aliphatic rings.